The summed E-state index contributed by atoms with van der Waals surface area (Å²) in [5.41, 5.74) is 7.53. The Morgan fingerprint density at radius 1 is 1.28 bits per heavy atom. The number of methoxy groups -OCH3 is 1. The smallest absolute Gasteiger partial charge is 0.0794 e. The fourth-order valence-corrected chi connectivity index (χ4v) is 1.75. The summed E-state index contributed by atoms with van der Waals surface area (Å²) in [4.78, 5) is 4.11. The molecule has 0 saturated heterocycles. The van der Waals surface area contributed by atoms with Gasteiger partial charge in [0.15, 0.2) is 0 Å². The van der Waals surface area contributed by atoms with Gasteiger partial charge in [-0.15, -0.1) is 0 Å². The third kappa shape index (κ3) is 2.54. The maximum absolute atomic E-state index is 5.94. The number of aromatic nitrogens is 1. The maximum atomic E-state index is 5.94. The zero-order chi connectivity index (χ0) is 13.2. The summed E-state index contributed by atoms with van der Waals surface area (Å²) >= 11 is 0. The van der Waals surface area contributed by atoms with Crippen LogP contribution in [-0.4, -0.2) is 24.2 Å². The Morgan fingerprint density at radius 2 is 2.06 bits per heavy atom. The van der Waals surface area contributed by atoms with Crippen LogP contribution in [0.5, 0.6) is 0 Å². The van der Waals surface area contributed by atoms with Crippen LogP contribution in [0.3, 0.4) is 0 Å². The number of hydrogen-bond donors (Lipinski definition) is 2. The fourth-order valence-electron chi connectivity index (χ4n) is 1.75. The van der Waals surface area contributed by atoms with E-state index in [2.05, 4.69) is 10.3 Å². The highest BCUT2D eigenvalue weighted by Gasteiger charge is 2.16. The molecule has 1 aromatic carbocycles. The quantitative estimate of drug-likeness (QED) is 0.813. The molecule has 18 heavy (non-hydrogen) atoms. The lowest BCUT2D eigenvalue weighted by Crippen LogP contribution is -2.32. The largest absolute Gasteiger partial charge is 0.398 e. The summed E-state index contributed by atoms with van der Waals surface area (Å²) in [6, 6.07) is 5.85. The molecule has 0 aliphatic heterocycles. The molecule has 0 saturated carbocycles. The van der Waals surface area contributed by atoms with Crippen molar-refractivity contribution < 1.29 is 4.74 Å². The van der Waals surface area contributed by atoms with Crippen molar-refractivity contribution in [3.8, 4) is 0 Å². The first kappa shape index (κ1) is 12.6. The number of nitrogen functional groups attached to an aromatic ring is 1. The number of ether oxygens (including phenoxy) is 1. The summed E-state index contributed by atoms with van der Waals surface area (Å²) in [7, 11) is 1.71. The lowest BCUT2D eigenvalue weighted by atomic mass is 10.1. The monoisotopic (exact) mass is 245 g/mol. The normalized spacial score (nSPS) is 11.7. The number of nitrogens with two attached hydrogens (primary N) is 1. The van der Waals surface area contributed by atoms with Gasteiger partial charge < -0.3 is 15.8 Å². The van der Waals surface area contributed by atoms with Gasteiger partial charge in [0, 0.05) is 48.2 Å². The Bertz CT molecular complexity index is 552. The Labute approximate surface area is 107 Å². The van der Waals surface area contributed by atoms with E-state index in [0.717, 1.165) is 28.7 Å². The van der Waals surface area contributed by atoms with Crippen LogP contribution in [0, 0.1) is 0 Å². The predicted molar refractivity (Wildman–Crippen MR) is 75.7 cm³/mol. The van der Waals surface area contributed by atoms with Gasteiger partial charge in [-0.2, -0.15) is 0 Å². The number of nitrogens with one attached hydrogen (secondary N) is 1. The molecule has 0 atom stereocenters. The van der Waals surface area contributed by atoms with Crippen molar-refractivity contribution in [1.82, 2.24) is 4.98 Å². The second-order valence-corrected chi connectivity index (χ2v) is 4.94. The molecule has 3 N–H and O–H groups in total. The molecule has 1 aromatic heterocycles. The third-order valence-electron chi connectivity index (χ3n) is 3.11. The van der Waals surface area contributed by atoms with Crippen LogP contribution in [0.2, 0.25) is 0 Å². The first-order chi connectivity index (χ1) is 8.53. The second kappa shape index (κ2) is 4.82. The Balaban J connectivity index is 2.32. The standard InChI is InChI=1S/C14H19N3O/c1-14(2,18-3)9-17-13-5-4-12(15)11-8-16-7-6-10(11)13/h4-8,17H,9,15H2,1-3H3. The molecular formula is C14H19N3O. The fraction of sp³-hybridized carbons (Fsp3) is 0.357. The minimum Gasteiger partial charge on any atom is -0.398 e. The second-order valence-electron chi connectivity index (χ2n) is 4.94. The van der Waals surface area contributed by atoms with E-state index >= 15 is 0 Å². The summed E-state index contributed by atoms with van der Waals surface area (Å²) in [5.74, 6) is 0. The van der Waals surface area contributed by atoms with Gasteiger partial charge in [0.25, 0.3) is 0 Å². The lowest BCUT2D eigenvalue weighted by molar-refractivity contribution is 0.0344. The van der Waals surface area contributed by atoms with Crippen LogP contribution in [0.1, 0.15) is 13.8 Å². The molecule has 0 amide bonds. The van der Waals surface area contributed by atoms with Crippen molar-refractivity contribution in [3.63, 3.8) is 0 Å². The molecule has 4 heteroatoms. The topological polar surface area (TPSA) is 60.2 Å². The molecule has 0 bridgehead atoms. The van der Waals surface area contributed by atoms with Gasteiger partial charge in [-0.3, -0.25) is 4.98 Å². The van der Waals surface area contributed by atoms with Gasteiger partial charge in [0.2, 0.25) is 0 Å². The van der Waals surface area contributed by atoms with Gasteiger partial charge in [-0.1, -0.05) is 0 Å². The Hall–Kier alpha value is -1.81. The first-order valence-electron chi connectivity index (χ1n) is 5.95. The zero-order valence-corrected chi connectivity index (χ0v) is 11.0. The molecule has 2 rings (SSSR count). The molecule has 96 valence electrons. The van der Waals surface area contributed by atoms with E-state index in [-0.39, 0.29) is 5.60 Å². The molecule has 0 unspecified atom stereocenters. The van der Waals surface area contributed by atoms with Crippen LogP contribution in [0.4, 0.5) is 11.4 Å². The van der Waals surface area contributed by atoms with E-state index < -0.39 is 0 Å². The van der Waals surface area contributed by atoms with Gasteiger partial charge in [0.1, 0.15) is 0 Å². The van der Waals surface area contributed by atoms with Gasteiger partial charge in [-0.05, 0) is 32.0 Å². The van der Waals surface area contributed by atoms with E-state index in [4.69, 9.17) is 10.5 Å². The molecule has 4 nitrogen and oxygen atoms in total. The highest BCUT2D eigenvalue weighted by molar-refractivity contribution is 6.00. The molecule has 0 spiro atoms. The molecule has 2 aromatic rings. The Morgan fingerprint density at radius 3 is 2.78 bits per heavy atom. The number of fused-ring (bicyclic) bond motifs is 1. The summed E-state index contributed by atoms with van der Waals surface area (Å²) in [5, 5.41) is 5.45. The van der Waals surface area contributed by atoms with Gasteiger partial charge in [-0.25, -0.2) is 0 Å². The summed E-state index contributed by atoms with van der Waals surface area (Å²) in [6.45, 7) is 4.81. The SMILES string of the molecule is COC(C)(C)CNc1ccc(N)c2cnccc12. The number of nitrogens with zero attached hydrogens (tertiary/aromatic N) is 1. The molecule has 0 aliphatic carbocycles. The lowest BCUT2D eigenvalue weighted by Gasteiger charge is -2.24. The van der Waals surface area contributed by atoms with E-state index in [1.165, 1.54) is 0 Å². The van der Waals surface area contributed by atoms with Crippen LogP contribution in [-0.2, 0) is 4.74 Å². The Kier molecular flexibility index (Phi) is 3.39. The van der Waals surface area contributed by atoms with E-state index in [9.17, 15) is 0 Å². The predicted octanol–water partition coefficient (Wildman–Crippen LogP) is 2.65. The third-order valence-corrected chi connectivity index (χ3v) is 3.11. The molecule has 0 radical (unpaired) electrons. The van der Waals surface area contributed by atoms with Gasteiger partial charge in [0.05, 0.1) is 5.60 Å². The number of anilines is 2. The highest BCUT2D eigenvalue weighted by atomic mass is 16.5. The average molecular weight is 245 g/mol. The minimum absolute atomic E-state index is 0.208. The van der Waals surface area contributed by atoms with Crippen LogP contribution < -0.4 is 11.1 Å². The van der Waals surface area contributed by atoms with Crippen molar-refractivity contribution >= 4 is 22.1 Å². The van der Waals surface area contributed by atoms with Crippen molar-refractivity contribution in [2.75, 3.05) is 24.7 Å². The molecular weight excluding hydrogens is 226 g/mol. The summed E-state index contributed by atoms with van der Waals surface area (Å²) in [6.07, 6.45) is 3.56. The number of rotatable bonds is 4. The molecule has 1 heterocycles. The van der Waals surface area contributed by atoms with Crippen LogP contribution in [0.15, 0.2) is 30.6 Å². The van der Waals surface area contributed by atoms with Crippen LogP contribution >= 0.6 is 0 Å². The highest BCUT2D eigenvalue weighted by Crippen LogP contribution is 2.27. The van der Waals surface area contributed by atoms with E-state index in [0.29, 0.717) is 0 Å². The number of hydrogen-bond acceptors (Lipinski definition) is 4. The summed E-state index contributed by atoms with van der Waals surface area (Å²) < 4.78 is 5.40. The van der Waals surface area contributed by atoms with Crippen molar-refractivity contribution in [2.45, 2.75) is 19.4 Å². The van der Waals surface area contributed by atoms with E-state index in [1.54, 1.807) is 19.5 Å². The van der Waals surface area contributed by atoms with Gasteiger partial charge >= 0.3 is 0 Å². The van der Waals surface area contributed by atoms with Crippen molar-refractivity contribution in [2.24, 2.45) is 0 Å². The maximum Gasteiger partial charge on any atom is 0.0794 e. The minimum atomic E-state index is -0.208. The van der Waals surface area contributed by atoms with Crippen molar-refractivity contribution in [3.05, 3.63) is 30.6 Å². The zero-order valence-electron chi connectivity index (χ0n) is 11.0. The molecule has 0 fully saturated rings. The van der Waals surface area contributed by atoms with Crippen LogP contribution in [0.25, 0.3) is 10.8 Å². The average Bonchev–Trinajstić information content (AvgIpc) is 2.38. The van der Waals surface area contributed by atoms with E-state index in [1.807, 2.05) is 32.0 Å². The number of pyridine rings is 1. The van der Waals surface area contributed by atoms with Crippen molar-refractivity contribution in [1.29, 1.82) is 0 Å². The molecule has 0 aliphatic rings. The first-order valence-corrected chi connectivity index (χ1v) is 5.95. The number of benzene rings is 1.